The van der Waals surface area contributed by atoms with Crippen LogP contribution >= 0.6 is 11.8 Å². The third-order valence-electron chi connectivity index (χ3n) is 2.87. The fourth-order valence-corrected chi connectivity index (χ4v) is 3.10. The van der Waals surface area contributed by atoms with Crippen molar-refractivity contribution in [2.75, 3.05) is 18.9 Å². The Bertz CT molecular complexity index is 143. The molecule has 1 rings (SSSR count). The summed E-state index contributed by atoms with van der Waals surface area (Å²) in [6, 6.07) is 0.748. The first-order valence-electron chi connectivity index (χ1n) is 5.80. The van der Waals surface area contributed by atoms with Crippen molar-refractivity contribution < 1.29 is 5.11 Å². The van der Waals surface area contributed by atoms with Gasteiger partial charge < -0.3 is 10.4 Å². The highest BCUT2D eigenvalue weighted by molar-refractivity contribution is 8.00. The summed E-state index contributed by atoms with van der Waals surface area (Å²) in [6.07, 6.45) is 5.99. The zero-order valence-corrected chi connectivity index (χ0v) is 9.98. The maximum atomic E-state index is 8.61. The van der Waals surface area contributed by atoms with Gasteiger partial charge in [-0.15, -0.1) is 0 Å². The first-order chi connectivity index (χ1) is 6.84. The summed E-state index contributed by atoms with van der Waals surface area (Å²) < 4.78 is 0. The Kier molecular flexibility index (Phi) is 6.65. The normalized spacial score (nSPS) is 27.0. The highest BCUT2D eigenvalue weighted by atomic mass is 32.2. The van der Waals surface area contributed by atoms with Crippen LogP contribution in [0, 0.1) is 0 Å². The largest absolute Gasteiger partial charge is 0.396 e. The van der Waals surface area contributed by atoms with Gasteiger partial charge in [0.1, 0.15) is 0 Å². The van der Waals surface area contributed by atoms with Crippen molar-refractivity contribution in [3.05, 3.63) is 0 Å². The van der Waals surface area contributed by atoms with Gasteiger partial charge in [-0.05, 0) is 31.6 Å². The van der Waals surface area contributed by atoms with Crippen LogP contribution in [-0.2, 0) is 0 Å². The summed E-state index contributed by atoms with van der Waals surface area (Å²) in [5.41, 5.74) is 0. The molecule has 2 unspecified atom stereocenters. The summed E-state index contributed by atoms with van der Waals surface area (Å²) in [5, 5.41) is 13.0. The summed E-state index contributed by atoms with van der Waals surface area (Å²) in [5.74, 6) is 1.32. The fraction of sp³-hybridized carbons (Fsp3) is 1.00. The van der Waals surface area contributed by atoms with Crippen LogP contribution in [0.4, 0.5) is 0 Å². The van der Waals surface area contributed by atoms with E-state index in [9.17, 15) is 0 Å². The average Bonchev–Trinajstić information content (AvgIpc) is 2.58. The van der Waals surface area contributed by atoms with Gasteiger partial charge in [0.05, 0.1) is 0 Å². The zero-order valence-electron chi connectivity index (χ0n) is 9.17. The number of aliphatic hydroxyl groups is 1. The van der Waals surface area contributed by atoms with Gasteiger partial charge in [0, 0.05) is 17.9 Å². The molecule has 0 radical (unpaired) electrons. The smallest absolute Gasteiger partial charge is 0.0431 e. The van der Waals surface area contributed by atoms with Crippen LogP contribution in [0.1, 0.15) is 39.0 Å². The van der Waals surface area contributed by atoms with Gasteiger partial charge in [-0.25, -0.2) is 0 Å². The first-order valence-corrected chi connectivity index (χ1v) is 6.85. The molecule has 2 nitrogen and oxygen atoms in total. The van der Waals surface area contributed by atoms with Gasteiger partial charge in [-0.3, -0.25) is 0 Å². The molecule has 84 valence electrons. The van der Waals surface area contributed by atoms with Crippen molar-refractivity contribution in [3.63, 3.8) is 0 Å². The SMILES string of the molecule is CC1SCCC1NCCCCCCO. The molecule has 1 fully saturated rings. The number of hydrogen-bond acceptors (Lipinski definition) is 3. The molecule has 1 aliphatic heterocycles. The molecule has 3 heteroatoms. The summed E-state index contributed by atoms with van der Waals surface area (Å²) in [6.45, 7) is 3.83. The Morgan fingerprint density at radius 2 is 2.07 bits per heavy atom. The molecule has 0 aromatic heterocycles. The van der Waals surface area contributed by atoms with Crippen LogP contribution in [0.5, 0.6) is 0 Å². The van der Waals surface area contributed by atoms with E-state index in [4.69, 9.17) is 5.11 Å². The molecular formula is C11H23NOS. The van der Waals surface area contributed by atoms with Crippen LogP contribution in [0.3, 0.4) is 0 Å². The molecule has 1 saturated heterocycles. The van der Waals surface area contributed by atoms with Crippen molar-refractivity contribution in [3.8, 4) is 0 Å². The molecule has 0 aromatic carbocycles. The molecule has 0 aliphatic carbocycles. The maximum Gasteiger partial charge on any atom is 0.0431 e. The molecule has 0 aromatic rings. The predicted octanol–water partition coefficient (Wildman–Crippen LogP) is 2.02. The van der Waals surface area contributed by atoms with Crippen molar-refractivity contribution in [1.29, 1.82) is 0 Å². The van der Waals surface area contributed by atoms with E-state index in [1.54, 1.807) is 0 Å². The van der Waals surface area contributed by atoms with Gasteiger partial charge in [0.25, 0.3) is 0 Å². The monoisotopic (exact) mass is 217 g/mol. The van der Waals surface area contributed by atoms with E-state index in [1.807, 2.05) is 0 Å². The molecule has 0 saturated carbocycles. The Balaban J connectivity index is 1.88. The molecule has 0 bridgehead atoms. The fourth-order valence-electron chi connectivity index (χ4n) is 1.88. The zero-order chi connectivity index (χ0) is 10.2. The maximum absolute atomic E-state index is 8.61. The lowest BCUT2D eigenvalue weighted by atomic mass is 10.1. The second-order valence-electron chi connectivity index (χ2n) is 4.06. The standard InChI is InChI=1S/C11H23NOS/c1-10-11(6-9-14-10)12-7-4-2-3-5-8-13/h10-13H,2-9H2,1H3. The van der Waals surface area contributed by atoms with Gasteiger partial charge in [-0.2, -0.15) is 11.8 Å². The van der Waals surface area contributed by atoms with E-state index in [1.165, 1.54) is 31.4 Å². The number of thioether (sulfide) groups is 1. The van der Waals surface area contributed by atoms with Crippen molar-refractivity contribution >= 4 is 11.8 Å². The average molecular weight is 217 g/mol. The van der Waals surface area contributed by atoms with E-state index in [-0.39, 0.29) is 0 Å². The van der Waals surface area contributed by atoms with E-state index in [0.29, 0.717) is 6.61 Å². The quantitative estimate of drug-likeness (QED) is 0.640. The predicted molar refractivity (Wildman–Crippen MR) is 63.9 cm³/mol. The lowest BCUT2D eigenvalue weighted by Crippen LogP contribution is -2.33. The summed E-state index contributed by atoms with van der Waals surface area (Å²) >= 11 is 2.08. The van der Waals surface area contributed by atoms with Crippen molar-refractivity contribution in [2.24, 2.45) is 0 Å². The topological polar surface area (TPSA) is 32.3 Å². The second-order valence-corrected chi connectivity index (χ2v) is 5.55. The van der Waals surface area contributed by atoms with Gasteiger partial charge >= 0.3 is 0 Å². The van der Waals surface area contributed by atoms with Gasteiger partial charge in [-0.1, -0.05) is 19.8 Å². The first kappa shape index (κ1) is 12.3. The Morgan fingerprint density at radius 3 is 2.71 bits per heavy atom. The Hall–Kier alpha value is 0.270. The molecule has 1 heterocycles. The van der Waals surface area contributed by atoms with E-state index in [0.717, 1.165) is 24.3 Å². The van der Waals surface area contributed by atoms with Gasteiger partial charge in [0.15, 0.2) is 0 Å². The Labute approximate surface area is 91.9 Å². The van der Waals surface area contributed by atoms with Crippen LogP contribution in [-0.4, -0.2) is 35.3 Å². The number of unbranched alkanes of at least 4 members (excludes halogenated alkanes) is 3. The number of rotatable bonds is 7. The molecule has 0 amide bonds. The molecule has 14 heavy (non-hydrogen) atoms. The lowest BCUT2D eigenvalue weighted by Gasteiger charge is -2.16. The molecule has 1 aliphatic rings. The third-order valence-corrected chi connectivity index (χ3v) is 4.19. The van der Waals surface area contributed by atoms with Crippen molar-refractivity contribution in [2.45, 2.75) is 50.3 Å². The molecular weight excluding hydrogens is 194 g/mol. The summed E-state index contributed by atoms with van der Waals surface area (Å²) in [4.78, 5) is 0. The van der Waals surface area contributed by atoms with Crippen LogP contribution < -0.4 is 5.32 Å². The number of hydrogen-bond donors (Lipinski definition) is 2. The van der Waals surface area contributed by atoms with E-state index < -0.39 is 0 Å². The molecule has 2 N–H and O–H groups in total. The van der Waals surface area contributed by atoms with Crippen molar-refractivity contribution in [1.82, 2.24) is 5.32 Å². The minimum atomic E-state index is 0.351. The number of nitrogens with one attached hydrogen (secondary N) is 1. The summed E-state index contributed by atoms with van der Waals surface area (Å²) in [7, 11) is 0. The Morgan fingerprint density at radius 1 is 1.29 bits per heavy atom. The van der Waals surface area contributed by atoms with Crippen LogP contribution in [0.25, 0.3) is 0 Å². The van der Waals surface area contributed by atoms with E-state index in [2.05, 4.69) is 24.0 Å². The number of aliphatic hydroxyl groups excluding tert-OH is 1. The van der Waals surface area contributed by atoms with Crippen LogP contribution in [0.15, 0.2) is 0 Å². The highest BCUT2D eigenvalue weighted by Crippen LogP contribution is 2.25. The minimum absolute atomic E-state index is 0.351. The van der Waals surface area contributed by atoms with Gasteiger partial charge in [0.2, 0.25) is 0 Å². The molecule has 2 atom stereocenters. The third kappa shape index (κ3) is 4.67. The minimum Gasteiger partial charge on any atom is -0.396 e. The second kappa shape index (κ2) is 7.55. The van der Waals surface area contributed by atoms with Crippen LogP contribution in [0.2, 0.25) is 0 Å². The lowest BCUT2D eigenvalue weighted by molar-refractivity contribution is 0.282. The highest BCUT2D eigenvalue weighted by Gasteiger charge is 2.22. The molecule has 0 spiro atoms. The van der Waals surface area contributed by atoms with E-state index >= 15 is 0 Å².